The van der Waals surface area contributed by atoms with Crippen LogP contribution < -0.4 is 10.9 Å². The molecule has 0 saturated carbocycles. The van der Waals surface area contributed by atoms with Crippen LogP contribution in [0.5, 0.6) is 0 Å². The van der Waals surface area contributed by atoms with Gasteiger partial charge in [0.1, 0.15) is 11.3 Å². The summed E-state index contributed by atoms with van der Waals surface area (Å²) in [4.78, 5) is 33.2. The van der Waals surface area contributed by atoms with Crippen molar-refractivity contribution in [3.8, 4) is 0 Å². The zero-order chi connectivity index (χ0) is 17.3. The van der Waals surface area contributed by atoms with Crippen molar-refractivity contribution in [3.63, 3.8) is 0 Å². The number of carbonyl (C=O) groups is 1. The van der Waals surface area contributed by atoms with Crippen molar-refractivity contribution in [2.24, 2.45) is 0 Å². The number of fused-ring (bicyclic) bond motifs is 1. The molecule has 1 heterocycles. The monoisotopic (exact) mass is 326 g/mol. The third-order valence-electron chi connectivity index (χ3n) is 3.37. The smallest absolute Gasteiger partial charge is 0.417 e. The molecule has 0 spiro atoms. The minimum Gasteiger partial charge on any atom is -0.478 e. The number of para-hydroxylation sites is 1. The van der Waals surface area contributed by atoms with Crippen LogP contribution in [-0.2, 0) is 0 Å². The molecule has 0 unspecified atom stereocenters. The van der Waals surface area contributed by atoms with Gasteiger partial charge >= 0.3 is 17.3 Å². The first-order valence-electron chi connectivity index (χ1n) is 6.78. The molecule has 0 aliphatic rings. The van der Waals surface area contributed by atoms with Crippen molar-refractivity contribution < 1.29 is 19.2 Å². The summed E-state index contributed by atoms with van der Waals surface area (Å²) in [6.45, 7) is 0. The first-order valence-corrected chi connectivity index (χ1v) is 6.78. The number of nitrogens with zero attached hydrogens (tertiary/aromatic N) is 1. The van der Waals surface area contributed by atoms with Gasteiger partial charge in [0, 0.05) is 11.1 Å². The maximum absolute atomic E-state index is 11.9. The minimum atomic E-state index is -1.08. The van der Waals surface area contributed by atoms with E-state index in [1.54, 1.807) is 18.2 Å². The van der Waals surface area contributed by atoms with Crippen LogP contribution in [0.3, 0.4) is 0 Å². The van der Waals surface area contributed by atoms with E-state index in [0.717, 1.165) is 0 Å². The highest BCUT2D eigenvalue weighted by atomic mass is 16.6. The Hall–Kier alpha value is -3.68. The molecular weight excluding hydrogens is 316 g/mol. The average Bonchev–Trinajstić information content (AvgIpc) is 2.54. The number of nitro groups is 1. The third-order valence-corrected chi connectivity index (χ3v) is 3.37. The van der Waals surface area contributed by atoms with Crippen molar-refractivity contribution in [3.05, 3.63) is 74.6 Å². The summed E-state index contributed by atoms with van der Waals surface area (Å²) in [6, 6.07) is 12.0. The summed E-state index contributed by atoms with van der Waals surface area (Å²) in [5.74, 6) is -1.08. The van der Waals surface area contributed by atoms with Gasteiger partial charge < -0.3 is 14.8 Å². The number of benzene rings is 2. The summed E-state index contributed by atoms with van der Waals surface area (Å²) in [7, 11) is 0. The van der Waals surface area contributed by atoms with E-state index in [9.17, 15) is 19.7 Å². The van der Waals surface area contributed by atoms with Gasteiger partial charge in [-0.25, -0.2) is 9.59 Å². The Morgan fingerprint density at radius 1 is 1.12 bits per heavy atom. The fourth-order valence-corrected chi connectivity index (χ4v) is 2.27. The van der Waals surface area contributed by atoms with Crippen molar-refractivity contribution in [1.29, 1.82) is 0 Å². The highest BCUT2D eigenvalue weighted by Gasteiger charge is 2.24. The van der Waals surface area contributed by atoms with E-state index in [4.69, 9.17) is 9.52 Å². The van der Waals surface area contributed by atoms with E-state index < -0.39 is 22.2 Å². The normalized spacial score (nSPS) is 10.5. The number of hydrogen-bond donors (Lipinski definition) is 2. The predicted molar refractivity (Wildman–Crippen MR) is 85.8 cm³/mol. The van der Waals surface area contributed by atoms with Gasteiger partial charge in [0.2, 0.25) is 0 Å². The first-order chi connectivity index (χ1) is 11.5. The lowest BCUT2D eigenvalue weighted by Crippen LogP contribution is -2.10. The fraction of sp³-hybridized carbons (Fsp3) is 0. The van der Waals surface area contributed by atoms with Crippen LogP contribution in [0.4, 0.5) is 17.1 Å². The molecule has 0 bridgehead atoms. The van der Waals surface area contributed by atoms with E-state index in [1.165, 1.54) is 30.3 Å². The van der Waals surface area contributed by atoms with Gasteiger partial charge in [0.15, 0.2) is 0 Å². The zero-order valence-electron chi connectivity index (χ0n) is 12.1. The second-order valence-corrected chi connectivity index (χ2v) is 4.87. The molecule has 3 rings (SSSR count). The molecule has 8 heteroatoms. The van der Waals surface area contributed by atoms with Crippen molar-refractivity contribution in [1.82, 2.24) is 0 Å². The molecule has 3 aromatic rings. The topological polar surface area (TPSA) is 123 Å². The van der Waals surface area contributed by atoms with Gasteiger partial charge in [-0.05, 0) is 36.4 Å². The van der Waals surface area contributed by atoms with Gasteiger partial charge in [-0.2, -0.15) is 0 Å². The van der Waals surface area contributed by atoms with Crippen LogP contribution >= 0.6 is 0 Å². The van der Waals surface area contributed by atoms with Gasteiger partial charge in [-0.1, -0.05) is 12.1 Å². The highest BCUT2D eigenvalue weighted by molar-refractivity contribution is 5.96. The Bertz CT molecular complexity index is 1010. The second-order valence-electron chi connectivity index (χ2n) is 4.87. The molecule has 0 aliphatic heterocycles. The van der Waals surface area contributed by atoms with Crippen LogP contribution in [0, 0.1) is 10.1 Å². The molecule has 24 heavy (non-hydrogen) atoms. The predicted octanol–water partition coefficient (Wildman–Crippen LogP) is 3.14. The largest absolute Gasteiger partial charge is 0.478 e. The fourth-order valence-electron chi connectivity index (χ4n) is 2.27. The van der Waals surface area contributed by atoms with E-state index in [2.05, 4.69) is 5.32 Å². The van der Waals surface area contributed by atoms with E-state index in [0.29, 0.717) is 11.1 Å². The number of carboxylic acid groups (broad SMARTS) is 1. The molecule has 8 nitrogen and oxygen atoms in total. The van der Waals surface area contributed by atoms with Crippen molar-refractivity contribution >= 4 is 34.0 Å². The summed E-state index contributed by atoms with van der Waals surface area (Å²) in [5, 5.41) is 23.3. The lowest BCUT2D eigenvalue weighted by molar-refractivity contribution is -0.386. The highest BCUT2D eigenvalue weighted by Crippen LogP contribution is 2.32. The average molecular weight is 326 g/mol. The molecule has 0 radical (unpaired) electrons. The molecule has 120 valence electrons. The zero-order valence-corrected chi connectivity index (χ0v) is 12.1. The van der Waals surface area contributed by atoms with E-state index >= 15 is 0 Å². The Morgan fingerprint density at radius 3 is 2.42 bits per heavy atom. The summed E-state index contributed by atoms with van der Waals surface area (Å²) < 4.78 is 4.97. The van der Waals surface area contributed by atoms with Crippen LogP contribution in [0.15, 0.2) is 57.7 Å². The van der Waals surface area contributed by atoms with E-state index in [1.807, 2.05) is 0 Å². The molecule has 2 aromatic carbocycles. The van der Waals surface area contributed by atoms with Gasteiger partial charge in [-0.3, -0.25) is 10.1 Å². The van der Waals surface area contributed by atoms with E-state index in [-0.39, 0.29) is 16.8 Å². The van der Waals surface area contributed by atoms with Gasteiger partial charge in [0.25, 0.3) is 0 Å². The number of aromatic carboxylic acids is 1. The van der Waals surface area contributed by atoms with Crippen LogP contribution in [0.1, 0.15) is 10.4 Å². The first kappa shape index (κ1) is 15.2. The number of nitrogens with one attached hydrogen (secondary N) is 1. The summed E-state index contributed by atoms with van der Waals surface area (Å²) in [6.07, 6.45) is 0. The molecule has 0 aliphatic carbocycles. The lowest BCUT2D eigenvalue weighted by Gasteiger charge is -2.09. The maximum Gasteiger partial charge on any atom is 0.417 e. The second kappa shape index (κ2) is 5.84. The molecule has 0 fully saturated rings. The van der Waals surface area contributed by atoms with Crippen molar-refractivity contribution in [2.75, 3.05) is 5.32 Å². The number of anilines is 2. The number of carboxylic acids is 1. The van der Waals surface area contributed by atoms with Crippen LogP contribution in [-0.4, -0.2) is 16.0 Å². The Labute approximate surface area is 134 Å². The van der Waals surface area contributed by atoms with Crippen LogP contribution in [0.2, 0.25) is 0 Å². The quantitative estimate of drug-likeness (QED) is 0.429. The molecule has 1 aromatic heterocycles. The van der Waals surface area contributed by atoms with Crippen LogP contribution in [0.25, 0.3) is 11.0 Å². The minimum absolute atomic E-state index is 0.00470. The van der Waals surface area contributed by atoms with Gasteiger partial charge in [-0.15, -0.1) is 0 Å². The Kier molecular flexibility index (Phi) is 3.70. The summed E-state index contributed by atoms with van der Waals surface area (Å²) >= 11 is 0. The Balaban J connectivity index is 2.16. The third kappa shape index (κ3) is 2.68. The molecular formula is C16H10N2O6. The lowest BCUT2D eigenvalue weighted by atomic mass is 10.1. The van der Waals surface area contributed by atoms with Crippen molar-refractivity contribution in [2.45, 2.75) is 0 Å². The molecule has 0 amide bonds. The Morgan fingerprint density at radius 2 is 1.79 bits per heavy atom. The SMILES string of the molecule is O=C(O)c1ccc(Nc2c([N+](=O)[O-])c(=O)oc3ccccc23)cc1. The standard InChI is InChI=1S/C16H10N2O6/c19-15(20)9-5-7-10(8-6-9)17-13-11-3-1-2-4-12(11)24-16(21)14(13)18(22)23/h1-8,17H,(H,19,20). The van der Waals surface area contributed by atoms with Gasteiger partial charge in [0.05, 0.1) is 10.5 Å². The molecule has 2 N–H and O–H groups in total. The summed E-state index contributed by atoms with van der Waals surface area (Å²) in [5.41, 5.74) is -1.10. The molecule has 0 atom stereocenters. The molecule has 0 saturated heterocycles. The number of rotatable bonds is 4. The number of hydrogen-bond acceptors (Lipinski definition) is 6. The maximum atomic E-state index is 11.9.